The maximum Gasteiger partial charge on any atom is 0.271 e. The molecule has 6 heteroatoms. The van der Waals surface area contributed by atoms with E-state index in [-0.39, 0.29) is 17.9 Å². The van der Waals surface area contributed by atoms with Crippen molar-refractivity contribution in [3.8, 4) is 5.75 Å². The van der Waals surface area contributed by atoms with Crippen LogP contribution in [0.15, 0.2) is 24.3 Å². The maximum atomic E-state index is 13.6. The lowest BCUT2D eigenvalue weighted by Crippen LogP contribution is -2.65. The summed E-state index contributed by atoms with van der Waals surface area (Å²) in [5.41, 5.74) is 0.658. The SMILES string of the molecule is COc1ccc2cc3n(c2c1)C[C@](C)(C(=O)NC1CCCC1)N(CCC(C)C)C3=O. The Morgan fingerprint density at radius 3 is 2.67 bits per heavy atom. The first kappa shape index (κ1) is 20.8. The third-order valence-corrected chi connectivity index (χ3v) is 6.75. The molecule has 0 radical (unpaired) electrons. The summed E-state index contributed by atoms with van der Waals surface area (Å²) in [6.45, 7) is 7.24. The topological polar surface area (TPSA) is 63.6 Å². The van der Waals surface area contributed by atoms with Crippen molar-refractivity contribution in [1.29, 1.82) is 0 Å². The molecule has 1 aliphatic heterocycles. The molecule has 6 nitrogen and oxygen atoms in total. The summed E-state index contributed by atoms with van der Waals surface area (Å²) in [5, 5.41) is 4.24. The predicted molar refractivity (Wildman–Crippen MR) is 118 cm³/mol. The van der Waals surface area contributed by atoms with Crippen molar-refractivity contribution in [3.63, 3.8) is 0 Å². The molecule has 30 heavy (non-hydrogen) atoms. The van der Waals surface area contributed by atoms with Gasteiger partial charge < -0.3 is 19.5 Å². The lowest BCUT2D eigenvalue weighted by molar-refractivity contribution is -0.133. The Balaban J connectivity index is 1.75. The van der Waals surface area contributed by atoms with Crippen LogP contribution < -0.4 is 10.1 Å². The zero-order valence-electron chi connectivity index (χ0n) is 18.5. The highest BCUT2D eigenvalue weighted by atomic mass is 16.5. The molecular formula is C24H33N3O3. The first-order valence-electron chi connectivity index (χ1n) is 11.1. The monoisotopic (exact) mass is 411 g/mol. The molecule has 2 aromatic rings. The van der Waals surface area contributed by atoms with Crippen LogP contribution in [-0.2, 0) is 11.3 Å². The van der Waals surface area contributed by atoms with Crippen molar-refractivity contribution >= 4 is 22.7 Å². The number of rotatable bonds is 6. The Morgan fingerprint density at radius 2 is 2.00 bits per heavy atom. The van der Waals surface area contributed by atoms with Gasteiger partial charge in [-0.1, -0.05) is 26.7 Å². The van der Waals surface area contributed by atoms with Gasteiger partial charge in [0.05, 0.1) is 19.2 Å². The lowest BCUT2D eigenvalue weighted by atomic mass is 9.93. The van der Waals surface area contributed by atoms with Crippen LogP contribution in [0.4, 0.5) is 0 Å². The minimum atomic E-state index is -0.920. The number of fused-ring (bicyclic) bond motifs is 3. The van der Waals surface area contributed by atoms with E-state index in [4.69, 9.17) is 4.74 Å². The molecule has 1 saturated carbocycles. The summed E-state index contributed by atoms with van der Waals surface area (Å²) in [7, 11) is 1.64. The van der Waals surface area contributed by atoms with E-state index in [1.807, 2.05) is 40.7 Å². The van der Waals surface area contributed by atoms with Crippen molar-refractivity contribution < 1.29 is 14.3 Å². The van der Waals surface area contributed by atoms with Crippen LogP contribution in [0.2, 0.25) is 0 Å². The molecule has 0 bridgehead atoms. The minimum absolute atomic E-state index is 0.0399. The van der Waals surface area contributed by atoms with Gasteiger partial charge in [-0.15, -0.1) is 0 Å². The Bertz CT molecular complexity index is 958. The van der Waals surface area contributed by atoms with E-state index in [1.54, 1.807) is 7.11 Å². The van der Waals surface area contributed by atoms with E-state index in [1.165, 1.54) is 0 Å². The van der Waals surface area contributed by atoms with Crippen molar-refractivity contribution in [3.05, 3.63) is 30.0 Å². The van der Waals surface area contributed by atoms with Gasteiger partial charge in [-0.25, -0.2) is 0 Å². The number of nitrogens with one attached hydrogen (secondary N) is 1. The van der Waals surface area contributed by atoms with Gasteiger partial charge in [0.15, 0.2) is 0 Å². The number of nitrogens with zero attached hydrogens (tertiary/aromatic N) is 2. The van der Waals surface area contributed by atoms with Crippen LogP contribution in [-0.4, -0.2) is 46.5 Å². The number of carbonyl (C=O) groups excluding carboxylic acids is 2. The van der Waals surface area contributed by atoms with Crippen molar-refractivity contribution in [2.24, 2.45) is 5.92 Å². The number of benzene rings is 1. The molecule has 1 aliphatic carbocycles. The third kappa shape index (κ3) is 3.57. The summed E-state index contributed by atoms with van der Waals surface area (Å²) in [4.78, 5) is 28.9. The molecule has 1 atom stereocenters. The Kier molecular flexibility index (Phi) is 5.51. The lowest BCUT2D eigenvalue weighted by Gasteiger charge is -2.44. The maximum absolute atomic E-state index is 13.6. The van der Waals surface area contributed by atoms with Gasteiger partial charge in [-0.2, -0.15) is 0 Å². The highest BCUT2D eigenvalue weighted by molar-refractivity contribution is 6.03. The summed E-state index contributed by atoms with van der Waals surface area (Å²) in [6, 6.07) is 7.99. The number of hydrogen-bond donors (Lipinski definition) is 1. The average molecular weight is 412 g/mol. The summed E-state index contributed by atoms with van der Waals surface area (Å²) in [5.74, 6) is 1.09. The molecule has 1 fully saturated rings. The average Bonchev–Trinajstić information content (AvgIpc) is 3.35. The molecule has 162 valence electrons. The molecule has 1 N–H and O–H groups in total. The van der Waals surface area contributed by atoms with Gasteiger partial charge in [0.25, 0.3) is 5.91 Å². The first-order chi connectivity index (χ1) is 14.3. The first-order valence-corrected chi connectivity index (χ1v) is 11.1. The molecular weight excluding hydrogens is 378 g/mol. The number of amides is 2. The predicted octanol–water partition coefficient (Wildman–Crippen LogP) is 3.97. The zero-order chi connectivity index (χ0) is 21.5. The van der Waals surface area contributed by atoms with Crippen molar-refractivity contribution in [2.45, 2.75) is 71.0 Å². The number of ether oxygens (including phenoxy) is 1. The molecule has 2 amide bonds. The van der Waals surface area contributed by atoms with Gasteiger partial charge in [0.1, 0.15) is 17.0 Å². The van der Waals surface area contributed by atoms with Crippen molar-refractivity contribution in [1.82, 2.24) is 14.8 Å². The van der Waals surface area contributed by atoms with Gasteiger partial charge in [0, 0.05) is 24.0 Å². The van der Waals surface area contributed by atoms with E-state index in [0.717, 1.165) is 48.8 Å². The quantitative estimate of drug-likeness (QED) is 0.782. The fraction of sp³-hybridized carbons (Fsp3) is 0.583. The molecule has 2 aliphatic rings. The number of carbonyl (C=O) groups is 2. The molecule has 4 rings (SSSR count). The number of hydrogen-bond acceptors (Lipinski definition) is 3. The van der Waals surface area contributed by atoms with Gasteiger partial charge in [-0.05, 0) is 50.3 Å². The van der Waals surface area contributed by atoms with Gasteiger partial charge in [-0.3, -0.25) is 9.59 Å². The van der Waals surface area contributed by atoms with Gasteiger partial charge >= 0.3 is 0 Å². The second-order valence-electron chi connectivity index (χ2n) is 9.41. The molecule has 2 heterocycles. The standard InChI is InChI=1S/C24H33N3O3/c1-16(2)11-12-27-22(28)21-13-17-9-10-19(30-4)14-20(17)26(21)15-24(27,3)23(29)25-18-7-5-6-8-18/h9-10,13-14,16,18H,5-8,11-12,15H2,1-4H3,(H,25,29)/t24-/m1/s1. The highest BCUT2D eigenvalue weighted by Gasteiger charge is 2.48. The Hall–Kier alpha value is -2.50. The van der Waals surface area contributed by atoms with Gasteiger partial charge in [0.2, 0.25) is 5.91 Å². The fourth-order valence-electron chi connectivity index (χ4n) is 4.81. The molecule has 1 aromatic heterocycles. The molecule has 1 aromatic carbocycles. The van der Waals surface area contributed by atoms with Crippen LogP contribution >= 0.6 is 0 Å². The Labute approximate surface area is 178 Å². The minimum Gasteiger partial charge on any atom is -0.497 e. The largest absolute Gasteiger partial charge is 0.497 e. The smallest absolute Gasteiger partial charge is 0.271 e. The normalized spacial score (nSPS) is 22.0. The van der Waals surface area contributed by atoms with E-state index in [0.29, 0.717) is 24.7 Å². The van der Waals surface area contributed by atoms with Crippen LogP contribution in [0.5, 0.6) is 5.75 Å². The summed E-state index contributed by atoms with van der Waals surface area (Å²) >= 11 is 0. The number of aromatic nitrogens is 1. The molecule has 0 saturated heterocycles. The van der Waals surface area contributed by atoms with Crippen molar-refractivity contribution in [2.75, 3.05) is 13.7 Å². The van der Waals surface area contributed by atoms with Crippen LogP contribution in [0.1, 0.15) is 63.4 Å². The zero-order valence-corrected chi connectivity index (χ0v) is 18.5. The van der Waals surface area contributed by atoms with Crippen LogP contribution in [0.25, 0.3) is 10.9 Å². The van der Waals surface area contributed by atoms with E-state index in [9.17, 15) is 9.59 Å². The Morgan fingerprint density at radius 1 is 1.27 bits per heavy atom. The van der Waals surface area contributed by atoms with E-state index in [2.05, 4.69) is 19.2 Å². The fourth-order valence-corrected chi connectivity index (χ4v) is 4.81. The van der Waals surface area contributed by atoms with Crippen LogP contribution in [0.3, 0.4) is 0 Å². The van der Waals surface area contributed by atoms with Crippen LogP contribution in [0, 0.1) is 5.92 Å². The second-order valence-corrected chi connectivity index (χ2v) is 9.41. The summed E-state index contributed by atoms with van der Waals surface area (Å²) in [6.07, 6.45) is 5.23. The van der Waals surface area contributed by atoms with E-state index >= 15 is 0 Å². The third-order valence-electron chi connectivity index (χ3n) is 6.75. The summed E-state index contributed by atoms with van der Waals surface area (Å²) < 4.78 is 7.40. The van der Waals surface area contributed by atoms with E-state index < -0.39 is 5.54 Å². The molecule has 0 spiro atoms. The molecule has 0 unspecified atom stereocenters. The second kappa shape index (κ2) is 7.97. The number of methoxy groups -OCH3 is 1. The highest BCUT2D eigenvalue weighted by Crippen LogP contribution is 2.34.